The molecule has 0 aromatic carbocycles. The highest BCUT2D eigenvalue weighted by atomic mass is 19.4. The second-order valence-electron chi connectivity index (χ2n) is 4.47. The Hall–Kier alpha value is -1.34. The number of anilines is 1. The van der Waals surface area contributed by atoms with Gasteiger partial charge in [-0.25, -0.2) is 4.98 Å². The Bertz CT molecular complexity index is 378. The summed E-state index contributed by atoms with van der Waals surface area (Å²) in [6.07, 6.45) is -1.10. The van der Waals surface area contributed by atoms with Crippen LogP contribution in [-0.2, 0) is 4.84 Å². The number of aromatic nitrogens is 1. The lowest BCUT2D eigenvalue weighted by atomic mass is 10.1. The molecule has 0 unspecified atom stereocenters. The third-order valence-electron chi connectivity index (χ3n) is 2.95. The van der Waals surface area contributed by atoms with Crippen molar-refractivity contribution in [2.24, 2.45) is 0 Å². The summed E-state index contributed by atoms with van der Waals surface area (Å²) in [6, 6.07) is 5.65. The predicted octanol–water partition coefficient (Wildman–Crippen LogP) is 2.13. The molecule has 2 rings (SSSR count). The van der Waals surface area contributed by atoms with E-state index in [2.05, 4.69) is 20.2 Å². The van der Waals surface area contributed by atoms with Gasteiger partial charge < -0.3 is 4.90 Å². The number of pyridine rings is 1. The minimum atomic E-state index is -4.29. The summed E-state index contributed by atoms with van der Waals surface area (Å²) >= 11 is 0. The second kappa shape index (κ2) is 6.21. The van der Waals surface area contributed by atoms with Crippen molar-refractivity contribution >= 4 is 5.82 Å². The van der Waals surface area contributed by atoms with E-state index in [0.717, 1.165) is 31.7 Å². The van der Waals surface area contributed by atoms with Gasteiger partial charge in [-0.3, -0.25) is 4.84 Å². The van der Waals surface area contributed by atoms with Crippen LogP contribution in [0.2, 0.25) is 0 Å². The third kappa shape index (κ3) is 4.68. The zero-order valence-corrected chi connectivity index (χ0v) is 10.4. The highest BCUT2D eigenvalue weighted by molar-refractivity contribution is 5.38. The highest BCUT2D eigenvalue weighted by Crippen LogP contribution is 2.18. The van der Waals surface area contributed by atoms with E-state index in [9.17, 15) is 13.2 Å². The standard InChI is InChI=1S/C12H16F3N3O/c13-12(14,15)9-19-17-10-4-7-18(8-5-10)11-3-1-2-6-16-11/h1-3,6,10,17H,4-5,7-9H2. The Labute approximate surface area is 109 Å². The van der Waals surface area contributed by atoms with Crippen LogP contribution in [0.4, 0.5) is 19.0 Å². The summed E-state index contributed by atoms with van der Waals surface area (Å²) in [7, 11) is 0. The Balaban J connectivity index is 1.71. The van der Waals surface area contributed by atoms with Gasteiger partial charge in [0.15, 0.2) is 6.61 Å². The molecule has 1 saturated heterocycles. The molecule has 1 aromatic rings. The van der Waals surface area contributed by atoms with Crippen molar-refractivity contribution in [1.29, 1.82) is 0 Å². The first kappa shape index (κ1) is 14.1. The van der Waals surface area contributed by atoms with Gasteiger partial charge in [-0.05, 0) is 25.0 Å². The van der Waals surface area contributed by atoms with E-state index in [1.54, 1.807) is 6.20 Å². The van der Waals surface area contributed by atoms with Crippen LogP contribution in [-0.4, -0.2) is 36.9 Å². The van der Waals surface area contributed by atoms with Crippen LogP contribution < -0.4 is 10.4 Å². The molecule has 7 heteroatoms. The van der Waals surface area contributed by atoms with Crippen LogP contribution in [0.15, 0.2) is 24.4 Å². The molecule has 1 aliphatic rings. The molecule has 0 saturated carbocycles. The van der Waals surface area contributed by atoms with Crippen molar-refractivity contribution in [2.75, 3.05) is 24.6 Å². The average Bonchev–Trinajstić information content (AvgIpc) is 2.39. The number of piperidine rings is 1. The van der Waals surface area contributed by atoms with E-state index in [4.69, 9.17) is 0 Å². The van der Waals surface area contributed by atoms with Gasteiger partial charge >= 0.3 is 6.18 Å². The fourth-order valence-corrected chi connectivity index (χ4v) is 2.01. The first-order valence-electron chi connectivity index (χ1n) is 6.15. The lowest BCUT2D eigenvalue weighted by Crippen LogP contribution is -2.43. The van der Waals surface area contributed by atoms with Crippen LogP contribution in [0, 0.1) is 0 Å². The minimum Gasteiger partial charge on any atom is -0.357 e. The molecule has 0 aliphatic carbocycles. The van der Waals surface area contributed by atoms with Crippen LogP contribution in [0.5, 0.6) is 0 Å². The summed E-state index contributed by atoms with van der Waals surface area (Å²) in [5.74, 6) is 0.900. The molecule has 0 atom stereocenters. The maximum absolute atomic E-state index is 11.9. The van der Waals surface area contributed by atoms with E-state index in [-0.39, 0.29) is 6.04 Å². The fourth-order valence-electron chi connectivity index (χ4n) is 2.01. The molecule has 0 amide bonds. The Morgan fingerprint density at radius 2 is 2.05 bits per heavy atom. The summed E-state index contributed by atoms with van der Waals surface area (Å²) in [5.41, 5.74) is 2.48. The molecule has 0 spiro atoms. The molecule has 19 heavy (non-hydrogen) atoms. The normalized spacial score (nSPS) is 17.7. The van der Waals surface area contributed by atoms with Crippen LogP contribution >= 0.6 is 0 Å². The van der Waals surface area contributed by atoms with E-state index in [0.29, 0.717) is 0 Å². The molecular formula is C12H16F3N3O. The molecule has 1 aromatic heterocycles. The molecule has 0 bridgehead atoms. The number of nitrogens with one attached hydrogen (secondary N) is 1. The van der Waals surface area contributed by atoms with Gasteiger partial charge in [-0.15, -0.1) is 0 Å². The van der Waals surface area contributed by atoms with Crippen LogP contribution in [0.1, 0.15) is 12.8 Å². The Morgan fingerprint density at radius 1 is 1.32 bits per heavy atom. The first-order chi connectivity index (χ1) is 9.04. The van der Waals surface area contributed by atoms with E-state index in [1.165, 1.54) is 0 Å². The zero-order valence-electron chi connectivity index (χ0n) is 10.4. The average molecular weight is 275 g/mol. The van der Waals surface area contributed by atoms with Gasteiger partial charge in [0.05, 0.1) is 0 Å². The Kier molecular flexibility index (Phi) is 4.60. The summed E-state index contributed by atoms with van der Waals surface area (Å²) < 4.78 is 35.7. The maximum atomic E-state index is 11.9. The van der Waals surface area contributed by atoms with Crippen LogP contribution in [0.3, 0.4) is 0 Å². The summed E-state index contributed by atoms with van der Waals surface area (Å²) in [6.45, 7) is 0.252. The summed E-state index contributed by atoms with van der Waals surface area (Å²) in [5, 5.41) is 0. The van der Waals surface area contributed by atoms with Crippen LogP contribution in [0.25, 0.3) is 0 Å². The SMILES string of the molecule is FC(F)(F)CONC1CCN(c2ccccn2)CC1. The van der Waals surface area contributed by atoms with Crippen molar-refractivity contribution in [3.63, 3.8) is 0 Å². The summed E-state index contributed by atoms with van der Waals surface area (Å²) in [4.78, 5) is 10.8. The quantitative estimate of drug-likeness (QED) is 0.854. The Morgan fingerprint density at radius 3 is 2.63 bits per heavy atom. The topological polar surface area (TPSA) is 37.4 Å². The smallest absolute Gasteiger partial charge is 0.357 e. The second-order valence-corrected chi connectivity index (χ2v) is 4.47. The monoisotopic (exact) mass is 275 g/mol. The lowest BCUT2D eigenvalue weighted by Gasteiger charge is -2.32. The minimum absolute atomic E-state index is 0.0395. The fraction of sp³-hybridized carbons (Fsp3) is 0.583. The molecule has 4 nitrogen and oxygen atoms in total. The van der Waals surface area contributed by atoms with Gasteiger partial charge in [0.2, 0.25) is 0 Å². The predicted molar refractivity (Wildman–Crippen MR) is 64.6 cm³/mol. The number of hydroxylamine groups is 1. The van der Waals surface area contributed by atoms with Crippen molar-refractivity contribution < 1.29 is 18.0 Å². The van der Waals surface area contributed by atoms with Crippen molar-refractivity contribution in [3.8, 4) is 0 Å². The largest absolute Gasteiger partial charge is 0.413 e. The molecule has 1 N–H and O–H groups in total. The lowest BCUT2D eigenvalue weighted by molar-refractivity contribution is -0.193. The highest BCUT2D eigenvalue weighted by Gasteiger charge is 2.28. The molecule has 2 heterocycles. The van der Waals surface area contributed by atoms with E-state index in [1.807, 2.05) is 18.2 Å². The first-order valence-corrected chi connectivity index (χ1v) is 6.15. The van der Waals surface area contributed by atoms with Crippen molar-refractivity contribution in [3.05, 3.63) is 24.4 Å². The number of hydrogen-bond donors (Lipinski definition) is 1. The number of halogens is 3. The van der Waals surface area contributed by atoms with E-state index < -0.39 is 12.8 Å². The molecule has 106 valence electrons. The number of hydrogen-bond acceptors (Lipinski definition) is 4. The number of nitrogens with zero attached hydrogens (tertiary/aromatic N) is 2. The molecule has 1 aliphatic heterocycles. The van der Waals surface area contributed by atoms with Gasteiger partial charge in [0, 0.05) is 25.3 Å². The molecule has 1 fully saturated rings. The zero-order chi connectivity index (χ0) is 13.7. The van der Waals surface area contributed by atoms with Gasteiger partial charge in [-0.2, -0.15) is 18.7 Å². The molecule has 0 radical (unpaired) electrons. The van der Waals surface area contributed by atoms with Gasteiger partial charge in [-0.1, -0.05) is 6.07 Å². The van der Waals surface area contributed by atoms with E-state index >= 15 is 0 Å². The number of rotatable bonds is 4. The van der Waals surface area contributed by atoms with Crippen molar-refractivity contribution in [1.82, 2.24) is 10.5 Å². The molecular weight excluding hydrogens is 259 g/mol. The maximum Gasteiger partial charge on any atom is 0.413 e. The van der Waals surface area contributed by atoms with Gasteiger partial charge in [0.1, 0.15) is 5.82 Å². The third-order valence-corrected chi connectivity index (χ3v) is 2.95. The van der Waals surface area contributed by atoms with Crippen molar-refractivity contribution in [2.45, 2.75) is 25.1 Å². The van der Waals surface area contributed by atoms with Gasteiger partial charge in [0.25, 0.3) is 0 Å². The number of alkyl halides is 3.